The minimum Gasteiger partial charge on any atom is -0.421 e. The molecule has 1 N–H and O–H groups in total. The van der Waals surface area contributed by atoms with Crippen molar-refractivity contribution in [1.29, 1.82) is 0 Å². The Labute approximate surface area is 158 Å². The Morgan fingerprint density at radius 2 is 1.50 bits per heavy atom. The van der Waals surface area contributed by atoms with Crippen LogP contribution in [0.3, 0.4) is 0 Å². The van der Waals surface area contributed by atoms with Gasteiger partial charge in [0.25, 0.3) is 0 Å². The predicted molar refractivity (Wildman–Crippen MR) is 109 cm³/mol. The van der Waals surface area contributed by atoms with Gasteiger partial charge in [-0.25, -0.2) is 4.57 Å². The lowest BCUT2D eigenvalue weighted by Gasteiger charge is -2.14. The Hall–Kier alpha value is -1.57. The third-order valence-electron chi connectivity index (χ3n) is 4.48. The number of hydrogen-bond donors (Lipinski definition) is 1. The first-order chi connectivity index (χ1) is 12.5. The second-order valence-corrected chi connectivity index (χ2v) is 9.03. The fraction of sp³-hybridized carbons (Fsp3) is 0.455. The monoisotopic (exact) mass is 374 g/mol. The molecule has 2 aromatic carbocycles. The summed E-state index contributed by atoms with van der Waals surface area (Å²) in [5.74, 6) is 1.21. The van der Waals surface area contributed by atoms with Gasteiger partial charge in [-0.2, -0.15) is 0 Å². The number of aryl methyl sites for hydroxylation is 1. The van der Waals surface area contributed by atoms with Crippen LogP contribution in [0.2, 0.25) is 0 Å². The lowest BCUT2D eigenvalue weighted by Crippen LogP contribution is -2.09. The van der Waals surface area contributed by atoms with Crippen LogP contribution in [0.15, 0.2) is 54.6 Å². The number of unbranched alkanes of at least 4 members (excludes halogenated alkanes) is 4. The molecule has 0 saturated carbocycles. The van der Waals surface area contributed by atoms with Crippen molar-refractivity contribution in [2.24, 2.45) is 5.92 Å². The molecular weight excluding hydrogens is 343 g/mol. The zero-order valence-corrected chi connectivity index (χ0v) is 16.8. The van der Waals surface area contributed by atoms with Gasteiger partial charge in [0.2, 0.25) is 0 Å². The van der Waals surface area contributed by atoms with Crippen molar-refractivity contribution in [2.45, 2.75) is 58.8 Å². The summed E-state index contributed by atoms with van der Waals surface area (Å²) in [5, 5.41) is 0.332. The van der Waals surface area contributed by atoms with Crippen LogP contribution in [0.4, 0.5) is 0 Å². The third-order valence-corrected chi connectivity index (χ3v) is 5.89. The van der Waals surface area contributed by atoms with E-state index in [0.717, 1.165) is 12.3 Å². The van der Waals surface area contributed by atoms with E-state index in [1.165, 1.54) is 44.1 Å². The van der Waals surface area contributed by atoms with Gasteiger partial charge >= 0.3 is 7.60 Å². The molecule has 3 nitrogen and oxygen atoms in total. The molecule has 26 heavy (non-hydrogen) atoms. The van der Waals surface area contributed by atoms with Gasteiger partial charge in [0.1, 0.15) is 5.75 Å². The minimum atomic E-state index is -3.84. The normalized spacial score (nSPS) is 13.5. The molecule has 142 valence electrons. The molecule has 0 saturated heterocycles. The summed E-state index contributed by atoms with van der Waals surface area (Å²) in [6, 6.07) is 16.0. The maximum absolute atomic E-state index is 12.4. The molecule has 0 aliphatic heterocycles. The van der Waals surface area contributed by atoms with Crippen molar-refractivity contribution in [3.63, 3.8) is 0 Å². The average Bonchev–Trinajstić information content (AvgIpc) is 2.61. The zero-order valence-electron chi connectivity index (χ0n) is 15.9. The summed E-state index contributed by atoms with van der Waals surface area (Å²) in [4.78, 5) is 10.2. The molecule has 4 heteroatoms. The first kappa shape index (κ1) is 20.7. The summed E-state index contributed by atoms with van der Waals surface area (Å²) < 4.78 is 17.7. The van der Waals surface area contributed by atoms with Crippen LogP contribution in [-0.2, 0) is 11.0 Å². The van der Waals surface area contributed by atoms with Crippen LogP contribution in [0.1, 0.15) is 57.9 Å². The van der Waals surface area contributed by atoms with Gasteiger partial charge in [0.05, 0.1) is 5.30 Å². The van der Waals surface area contributed by atoms with E-state index >= 15 is 0 Å². The predicted octanol–water partition coefficient (Wildman–Crippen LogP) is 6.12. The SMILES string of the molecule is CC(C)CCCCCCCc1ccc(P(=O)(O)Oc2ccccc2)cc1. The maximum atomic E-state index is 12.4. The summed E-state index contributed by atoms with van der Waals surface area (Å²) in [7, 11) is -3.84. The van der Waals surface area contributed by atoms with E-state index in [-0.39, 0.29) is 0 Å². The molecule has 0 radical (unpaired) electrons. The number of rotatable bonds is 11. The van der Waals surface area contributed by atoms with Gasteiger partial charge < -0.3 is 9.42 Å². The van der Waals surface area contributed by atoms with Gasteiger partial charge in [-0.1, -0.05) is 76.3 Å². The molecule has 0 fully saturated rings. The van der Waals surface area contributed by atoms with E-state index < -0.39 is 7.60 Å². The summed E-state index contributed by atoms with van der Waals surface area (Å²) in [5.41, 5.74) is 1.20. The van der Waals surface area contributed by atoms with E-state index in [4.69, 9.17) is 4.52 Å². The second-order valence-electron chi connectivity index (χ2n) is 7.29. The quantitative estimate of drug-likeness (QED) is 0.381. The molecule has 2 aromatic rings. The first-order valence-electron chi connectivity index (χ1n) is 9.64. The highest BCUT2D eigenvalue weighted by atomic mass is 31.2. The highest BCUT2D eigenvalue weighted by molar-refractivity contribution is 7.61. The summed E-state index contributed by atoms with van der Waals surface area (Å²) in [6.45, 7) is 4.56. The molecule has 0 aliphatic rings. The molecule has 0 bridgehead atoms. The fourth-order valence-electron chi connectivity index (χ4n) is 2.94. The van der Waals surface area contributed by atoms with Crippen molar-refractivity contribution in [3.05, 3.63) is 60.2 Å². The van der Waals surface area contributed by atoms with E-state index in [1.807, 2.05) is 18.2 Å². The largest absolute Gasteiger partial charge is 0.421 e. The zero-order chi connectivity index (χ0) is 18.8. The highest BCUT2D eigenvalue weighted by Crippen LogP contribution is 2.41. The Kier molecular flexibility index (Phi) is 8.41. The number of para-hydroxylation sites is 1. The van der Waals surface area contributed by atoms with Gasteiger partial charge in [-0.15, -0.1) is 0 Å². The van der Waals surface area contributed by atoms with Crippen LogP contribution in [0.5, 0.6) is 5.75 Å². The standard InChI is InChI=1S/C22H31O3P/c1-19(2)11-7-4-3-5-8-12-20-15-17-22(18-16-20)26(23,24)25-21-13-9-6-10-14-21/h6,9-10,13-19H,3-5,7-8,11-12H2,1-2H3,(H,23,24). The smallest absolute Gasteiger partial charge is 0.408 e. The van der Waals surface area contributed by atoms with Crippen LogP contribution in [0, 0.1) is 5.92 Å². The van der Waals surface area contributed by atoms with Gasteiger partial charge in [-0.05, 0) is 48.6 Å². The number of benzene rings is 2. The molecule has 0 aromatic heterocycles. The molecule has 1 unspecified atom stereocenters. The average molecular weight is 374 g/mol. The molecule has 0 aliphatic carbocycles. The Morgan fingerprint density at radius 3 is 2.15 bits per heavy atom. The van der Waals surface area contributed by atoms with E-state index in [9.17, 15) is 9.46 Å². The van der Waals surface area contributed by atoms with Crippen LogP contribution in [0.25, 0.3) is 0 Å². The number of hydrogen-bond acceptors (Lipinski definition) is 2. The molecule has 0 spiro atoms. The molecule has 0 heterocycles. The van der Waals surface area contributed by atoms with Crippen molar-refractivity contribution in [1.82, 2.24) is 0 Å². The first-order valence-corrected chi connectivity index (χ1v) is 11.2. The van der Waals surface area contributed by atoms with Crippen molar-refractivity contribution in [3.8, 4) is 5.75 Å². The van der Waals surface area contributed by atoms with Crippen molar-refractivity contribution >= 4 is 12.9 Å². The molecular formula is C22H31O3P. The minimum absolute atomic E-state index is 0.332. The summed E-state index contributed by atoms with van der Waals surface area (Å²) >= 11 is 0. The van der Waals surface area contributed by atoms with Gasteiger partial charge in [0, 0.05) is 0 Å². The second kappa shape index (κ2) is 10.5. The maximum Gasteiger partial charge on any atom is 0.408 e. The Bertz CT molecular complexity index is 680. The van der Waals surface area contributed by atoms with Gasteiger partial charge in [0.15, 0.2) is 0 Å². The fourth-order valence-corrected chi connectivity index (χ4v) is 3.98. The van der Waals surface area contributed by atoms with Crippen LogP contribution >= 0.6 is 7.60 Å². The molecule has 0 amide bonds. The Balaban J connectivity index is 1.76. The highest BCUT2D eigenvalue weighted by Gasteiger charge is 2.24. The van der Waals surface area contributed by atoms with E-state index in [2.05, 4.69) is 13.8 Å². The topological polar surface area (TPSA) is 46.5 Å². The molecule has 2 rings (SSSR count). The van der Waals surface area contributed by atoms with Crippen LogP contribution < -0.4 is 9.83 Å². The van der Waals surface area contributed by atoms with Crippen molar-refractivity contribution in [2.75, 3.05) is 0 Å². The van der Waals surface area contributed by atoms with Crippen LogP contribution in [-0.4, -0.2) is 4.89 Å². The Morgan fingerprint density at radius 1 is 0.885 bits per heavy atom. The lowest BCUT2D eigenvalue weighted by molar-refractivity contribution is 0.393. The summed E-state index contributed by atoms with van der Waals surface area (Å²) in [6.07, 6.45) is 8.70. The van der Waals surface area contributed by atoms with Crippen molar-refractivity contribution < 1.29 is 14.0 Å². The lowest BCUT2D eigenvalue weighted by atomic mass is 10.0. The van der Waals surface area contributed by atoms with E-state index in [1.54, 1.807) is 36.4 Å². The van der Waals surface area contributed by atoms with E-state index in [0.29, 0.717) is 11.1 Å². The van der Waals surface area contributed by atoms with Gasteiger partial charge in [-0.3, -0.25) is 0 Å². The molecule has 1 atom stereocenters. The third kappa shape index (κ3) is 7.35.